The van der Waals surface area contributed by atoms with Crippen molar-refractivity contribution < 1.29 is 9.53 Å². The topological polar surface area (TPSA) is 97.5 Å². The molecule has 226 valence electrons. The monoisotopic (exact) mass is 601 g/mol. The predicted molar refractivity (Wildman–Crippen MR) is 173 cm³/mol. The number of carbonyl (C=O) groups excluding carboxylic acids is 1. The van der Waals surface area contributed by atoms with Crippen LogP contribution in [0, 0.1) is 0 Å². The molecule has 1 amide bonds. The summed E-state index contributed by atoms with van der Waals surface area (Å²) in [4.78, 5) is 40.0. The summed E-state index contributed by atoms with van der Waals surface area (Å²) in [5.74, 6) is 2.96. The van der Waals surface area contributed by atoms with E-state index in [0.29, 0.717) is 41.5 Å². The van der Waals surface area contributed by atoms with E-state index in [1.165, 1.54) is 17.5 Å². The van der Waals surface area contributed by atoms with E-state index >= 15 is 0 Å². The van der Waals surface area contributed by atoms with Gasteiger partial charge in [0.25, 0.3) is 11.5 Å². The Hall–Kier alpha value is -3.83. The summed E-state index contributed by atoms with van der Waals surface area (Å²) >= 11 is 1.86. The maximum Gasteiger partial charge on any atom is 0.278 e. The molecular weight excluding hydrogens is 562 g/mol. The number of ether oxygens (including phenoxy) is 1. The zero-order valence-corrected chi connectivity index (χ0v) is 26.0. The van der Waals surface area contributed by atoms with Crippen LogP contribution in [-0.4, -0.2) is 68.4 Å². The first-order valence-corrected chi connectivity index (χ1v) is 16.3. The number of aromatic nitrogens is 4. The van der Waals surface area contributed by atoms with Gasteiger partial charge in [-0.2, -0.15) is 16.7 Å². The summed E-state index contributed by atoms with van der Waals surface area (Å²) in [6.45, 7) is 7.35. The molecule has 1 N–H and O–H groups in total. The minimum Gasteiger partial charge on any atom is -0.482 e. The fourth-order valence-corrected chi connectivity index (χ4v) is 6.75. The predicted octanol–water partition coefficient (Wildman–Crippen LogP) is 4.98. The Balaban J connectivity index is 1.36. The normalized spacial score (nSPS) is 15.0. The number of amides is 1. The molecule has 2 aromatic heterocycles. The maximum absolute atomic E-state index is 13.5. The van der Waals surface area contributed by atoms with Crippen molar-refractivity contribution >= 4 is 46.0 Å². The molecule has 6 rings (SSSR count). The maximum atomic E-state index is 13.5. The lowest BCUT2D eigenvalue weighted by atomic mass is 9.99. The zero-order chi connectivity index (χ0) is 29.9. The zero-order valence-electron chi connectivity index (χ0n) is 25.1. The number of hydrogen-bond acceptors (Lipinski definition) is 8. The highest BCUT2D eigenvalue weighted by Gasteiger charge is 2.27. The third-order valence-corrected chi connectivity index (χ3v) is 9.06. The van der Waals surface area contributed by atoms with E-state index in [2.05, 4.69) is 47.4 Å². The Kier molecular flexibility index (Phi) is 8.71. The molecule has 2 aliphatic rings. The number of anilines is 3. The van der Waals surface area contributed by atoms with Gasteiger partial charge in [0.1, 0.15) is 11.1 Å². The largest absolute Gasteiger partial charge is 0.482 e. The summed E-state index contributed by atoms with van der Waals surface area (Å²) < 4.78 is 9.35. The van der Waals surface area contributed by atoms with Crippen LogP contribution in [0.3, 0.4) is 0 Å². The number of likely N-dealkylation sites (N-methyl/N-ethyl adjacent to an activating group) is 1. The van der Waals surface area contributed by atoms with E-state index in [-0.39, 0.29) is 18.1 Å². The van der Waals surface area contributed by atoms with Crippen molar-refractivity contribution in [1.29, 1.82) is 0 Å². The van der Waals surface area contributed by atoms with Crippen LogP contribution in [0.4, 0.5) is 17.3 Å². The smallest absolute Gasteiger partial charge is 0.278 e. The number of benzene rings is 2. The molecule has 0 aliphatic carbocycles. The highest BCUT2D eigenvalue weighted by atomic mass is 32.2. The number of unbranched alkanes of at least 4 members (excludes halogenated alkanes) is 1. The molecule has 2 aromatic carbocycles. The van der Waals surface area contributed by atoms with Crippen LogP contribution in [0.25, 0.3) is 16.7 Å². The van der Waals surface area contributed by atoms with E-state index in [1.807, 2.05) is 46.5 Å². The van der Waals surface area contributed by atoms with Gasteiger partial charge in [-0.05, 0) is 73.5 Å². The van der Waals surface area contributed by atoms with Crippen LogP contribution in [0.1, 0.15) is 44.2 Å². The van der Waals surface area contributed by atoms with Gasteiger partial charge < -0.3 is 19.9 Å². The second kappa shape index (κ2) is 12.8. The van der Waals surface area contributed by atoms with Crippen molar-refractivity contribution in [2.75, 3.05) is 48.5 Å². The summed E-state index contributed by atoms with van der Waals surface area (Å²) in [6.07, 6.45) is 5.70. The fourth-order valence-electron chi connectivity index (χ4n) is 5.74. The van der Waals surface area contributed by atoms with Gasteiger partial charge in [-0.1, -0.05) is 26.3 Å². The van der Waals surface area contributed by atoms with Crippen LogP contribution in [-0.2, 0) is 24.3 Å². The molecule has 0 atom stereocenters. The molecule has 0 bridgehead atoms. The molecule has 2 aliphatic heterocycles. The second-order valence-corrected chi connectivity index (χ2v) is 12.4. The van der Waals surface area contributed by atoms with E-state index in [4.69, 9.17) is 9.72 Å². The van der Waals surface area contributed by atoms with Crippen molar-refractivity contribution in [1.82, 2.24) is 24.2 Å². The number of carbonyl (C=O) groups is 1. The minimum absolute atomic E-state index is 0.0284. The van der Waals surface area contributed by atoms with E-state index in [1.54, 1.807) is 10.9 Å². The number of thioether (sulfide) groups is 1. The summed E-state index contributed by atoms with van der Waals surface area (Å²) in [6, 6.07) is 12.1. The molecule has 0 spiro atoms. The first kappa shape index (κ1) is 29.3. The Bertz CT molecular complexity index is 1700. The Morgan fingerprint density at radius 1 is 1.02 bits per heavy atom. The van der Waals surface area contributed by atoms with Crippen LogP contribution in [0.15, 0.2) is 47.4 Å². The lowest BCUT2D eigenvalue weighted by Gasteiger charge is -2.30. The number of fused-ring (bicyclic) bond motifs is 3. The summed E-state index contributed by atoms with van der Waals surface area (Å²) in [5.41, 5.74) is 5.41. The highest BCUT2D eigenvalue weighted by molar-refractivity contribution is 7.99. The fraction of sp³-hybridized carbons (Fsp3) is 0.438. The number of nitrogens with one attached hydrogen (secondary N) is 1. The lowest BCUT2D eigenvalue weighted by molar-refractivity contribution is -0.121. The van der Waals surface area contributed by atoms with Gasteiger partial charge in [-0.15, -0.1) is 0 Å². The first-order valence-electron chi connectivity index (χ1n) is 15.2. The van der Waals surface area contributed by atoms with Crippen LogP contribution >= 0.6 is 11.8 Å². The number of hydrogen-bond donors (Lipinski definition) is 1. The SMILES string of the molecule is CCCCSCCN1C(=O)COc2ccc(-n3c4nc(Nc5ccc6c(c5)CCN(C)C6)ncc4c(=O)n3CCC)cc21. The van der Waals surface area contributed by atoms with Gasteiger partial charge >= 0.3 is 0 Å². The number of rotatable bonds is 11. The second-order valence-electron chi connectivity index (χ2n) is 11.2. The molecule has 4 aromatic rings. The molecule has 11 heteroatoms. The Morgan fingerprint density at radius 2 is 1.91 bits per heavy atom. The van der Waals surface area contributed by atoms with Crippen molar-refractivity contribution in [2.24, 2.45) is 0 Å². The van der Waals surface area contributed by atoms with Crippen molar-refractivity contribution in [3.63, 3.8) is 0 Å². The average molecular weight is 602 g/mol. The Labute approximate surface area is 256 Å². The third-order valence-electron chi connectivity index (χ3n) is 8.01. The average Bonchev–Trinajstić information content (AvgIpc) is 3.28. The van der Waals surface area contributed by atoms with Gasteiger partial charge in [0.15, 0.2) is 12.3 Å². The van der Waals surface area contributed by atoms with Crippen LogP contribution < -0.4 is 20.5 Å². The molecule has 0 radical (unpaired) electrons. The van der Waals surface area contributed by atoms with Crippen molar-refractivity contribution in [2.45, 2.75) is 52.6 Å². The molecular formula is C32H39N7O3S. The van der Waals surface area contributed by atoms with E-state index < -0.39 is 0 Å². The van der Waals surface area contributed by atoms with Gasteiger partial charge in [-0.25, -0.2) is 14.3 Å². The lowest BCUT2D eigenvalue weighted by Crippen LogP contribution is -2.40. The van der Waals surface area contributed by atoms with Crippen molar-refractivity contribution in [3.05, 3.63) is 64.1 Å². The number of nitrogens with zero attached hydrogens (tertiary/aromatic N) is 6. The van der Waals surface area contributed by atoms with Gasteiger partial charge in [-0.3, -0.25) is 9.59 Å². The van der Waals surface area contributed by atoms with Crippen LogP contribution in [0.2, 0.25) is 0 Å². The standard InChI is InChI=1S/C32H39N7O3S/c1-4-6-15-43-16-14-37-27-18-25(9-10-28(27)42-21-29(37)40)39-30-26(31(41)38(39)12-5-2)19-33-32(35-30)34-24-8-7-23-20-36(3)13-11-22(23)17-24/h7-10,17-19H,4-6,11-16,20-21H2,1-3H3,(H,33,34,35). The molecule has 43 heavy (non-hydrogen) atoms. The van der Waals surface area contributed by atoms with Crippen LogP contribution in [0.5, 0.6) is 5.75 Å². The quantitative estimate of drug-likeness (QED) is 0.241. The van der Waals surface area contributed by atoms with Crippen molar-refractivity contribution in [3.8, 4) is 11.4 Å². The minimum atomic E-state index is -0.143. The molecule has 4 heterocycles. The third kappa shape index (κ3) is 6.01. The molecule has 0 fully saturated rings. The molecule has 0 unspecified atom stereocenters. The van der Waals surface area contributed by atoms with Gasteiger partial charge in [0, 0.05) is 43.8 Å². The summed E-state index contributed by atoms with van der Waals surface area (Å²) in [5, 5.41) is 3.81. The molecule has 0 saturated carbocycles. The van der Waals surface area contributed by atoms with Gasteiger partial charge in [0.2, 0.25) is 5.95 Å². The molecule has 0 saturated heterocycles. The van der Waals surface area contributed by atoms with Gasteiger partial charge in [0.05, 0.1) is 11.4 Å². The molecule has 10 nitrogen and oxygen atoms in total. The van der Waals surface area contributed by atoms with E-state index in [0.717, 1.165) is 55.2 Å². The first-order chi connectivity index (χ1) is 21.0. The highest BCUT2D eigenvalue weighted by Crippen LogP contribution is 2.35. The Morgan fingerprint density at radius 3 is 2.74 bits per heavy atom. The summed E-state index contributed by atoms with van der Waals surface area (Å²) in [7, 11) is 2.14. The van der Waals surface area contributed by atoms with E-state index in [9.17, 15) is 9.59 Å².